The van der Waals surface area contributed by atoms with E-state index in [0.29, 0.717) is 0 Å². The highest BCUT2D eigenvalue weighted by Gasteiger charge is 2.16. The Kier molecular flexibility index (Phi) is 4.76. The van der Waals surface area contributed by atoms with E-state index in [-0.39, 0.29) is 5.57 Å². The third-order valence-electron chi connectivity index (χ3n) is 1.24. The molecule has 1 atom stereocenters. The second kappa shape index (κ2) is 5.55. The number of carboxylic acids is 1. The number of carboxylic acid groups (broad SMARTS) is 1. The second-order valence-electron chi connectivity index (χ2n) is 2.48. The average Bonchev–Trinajstić information content (AvgIpc) is 2.13. The number of aliphatic carboxylic acids is 1. The molecule has 7 heteroatoms. The van der Waals surface area contributed by atoms with Crippen LogP contribution >= 0.6 is 0 Å². The van der Waals surface area contributed by atoms with E-state index >= 15 is 0 Å². The lowest BCUT2D eigenvalue weighted by atomic mass is 10.2. The Bertz CT molecular complexity index is 334. The molecule has 0 rings (SSSR count). The van der Waals surface area contributed by atoms with Crippen LogP contribution in [0.25, 0.3) is 0 Å². The van der Waals surface area contributed by atoms with Crippen molar-refractivity contribution in [3.63, 3.8) is 0 Å². The predicted molar refractivity (Wildman–Crippen MR) is 49.3 cm³/mol. The summed E-state index contributed by atoms with van der Waals surface area (Å²) in [7, 11) is 0. The molecule has 0 aliphatic rings. The van der Waals surface area contributed by atoms with Gasteiger partial charge in [0.1, 0.15) is 0 Å². The van der Waals surface area contributed by atoms with E-state index in [0.717, 1.165) is 12.2 Å². The Morgan fingerprint density at radius 2 is 1.87 bits per heavy atom. The van der Waals surface area contributed by atoms with Gasteiger partial charge in [-0.05, 0) is 6.08 Å². The molecular weight excluding hydrogens is 204 g/mol. The summed E-state index contributed by atoms with van der Waals surface area (Å²) < 4.78 is 0. The van der Waals surface area contributed by atoms with Crippen molar-refractivity contribution in [2.75, 3.05) is 0 Å². The van der Waals surface area contributed by atoms with Gasteiger partial charge >= 0.3 is 5.97 Å². The van der Waals surface area contributed by atoms with Crippen LogP contribution in [0.3, 0.4) is 0 Å². The summed E-state index contributed by atoms with van der Waals surface area (Å²) in [6.07, 6.45) is -0.127. The lowest BCUT2D eigenvalue weighted by molar-refractivity contribution is -0.150. The first-order chi connectivity index (χ1) is 6.84. The van der Waals surface area contributed by atoms with Crippen LogP contribution < -0.4 is 11.1 Å². The number of hydrogen-bond donors (Lipinski definition) is 4. The van der Waals surface area contributed by atoms with Crippen molar-refractivity contribution in [1.29, 1.82) is 0 Å². The van der Waals surface area contributed by atoms with Gasteiger partial charge in [0.2, 0.25) is 12.1 Å². The highest BCUT2D eigenvalue weighted by Crippen LogP contribution is 1.93. The van der Waals surface area contributed by atoms with Gasteiger partial charge in [-0.15, -0.1) is 0 Å². The van der Waals surface area contributed by atoms with Crippen LogP contribution in [0.4, 0.5) is 0 Å². The van der Waals surface area contributed by atoms with E-state index < -0.39 is 24.0 Å². The van der Waals surface area contributed by atoms with Crippen molar-refractivity contribution in [3.8, 4) is 0 Å². The van der Waals surface area contributed by atoms with Crippen molar-refractivity contribution < 1.29 is 24.6 Å². The van der Waals surface area contributed by atoms with Gasteiger partial charge in [-0.2, -0.15) is 0 Å². The van der Waals surface area contributed by atoms with Gasteiger partial charge in [-0.25, -0.2) is 4.79 Å². The molecule has 0 saturated heterocycles. The van der Waals surface area contributed by atoms with Gasteiger partial charge in [0.25, 0.3) is 5.91 Å². The third-order valence-corrected chi connectivity index (χ3v) is 1.24. The van der Waals surface area contributed by atoms with Gasteiger partial charge < -0.3 is 21.3 Å². The first-order valence-electron chi connectivity index (χ1n) is 3.72. The molecule has 0 fully saturated rings. The molecule has 0 radical (unpaired) electrons. The van der Waals surface area contributed by atoms with Gasteiger partial charge in [0.05, 0.1) is 0 Å². The number of rotatable bonds is 5. The van der Waals surface area contributed by atoms with Crippen LogP contribution in [0.1, 0.15) is 0 Å². The van der Waals surface area contributed by atoms with Crippen molar-refractivity contribution in [1.82, 2.24) is 5.32 Å². The third kappa shape index (κ3) is 5.21. The number of hydrogen-bond acceptors (Lipinski definition) is 4. The van der Waals surface area contributed by atoms with Crippen LogP contribution in [-0.2, 0) is 14.4 Å². The maximum Gasteiger partial charge on any atom is 0.353 e. The average molecular weight is 214 g/mol. The normalized spacial score (nSPS) is 12.1. The Labute approximate surface area is 84.9 Å². The zero-order valence-electron chi connectivity index (χ0n) is 7.64. The van der Waals surface area contributed by atoms with E-state index in [9.17, 15) is 14.4 Å². The number of aliphatic hydroxyl groups is 1. The minimum Gasteiger partial charge on any atom is -0.478 e. The zero-order chi connectivity index (χ0) is 12.0. The molecule has 0 aromatic heterocycles. The molecular formula is C8H10N2O5. The highest BCUT2D eigenvalue weighted by molar-refractivity contribution is 5.99. The van der Waals surface area contributed by atoms with Crippen LogP contribution in [0, 0.1) is 0 Å². The van der Waals surface area contributed by atoms with E-state index in [1.165, 1.54) is 0 Å². The monoisotopic (exact) mass is 214 g/mol. The molecule has 2 amide bonds. The van der Waals surface area contributed by atoms with Gasteiger partial charge in [-0.3, -0.25) is 9.59 Å². The first-order valence-corrected chi connectivity index (χ1v) is 3.72. The summed E-state index contributed by atoms with van der Waals surface area (Å²) in [4.78, 5) is 31.4. The Balaban J connectivity index is 4.29. The summed E-state index contributed by atoms with van der Waals surface area (Å²) in [5.41, 5.74) is 4.55. The Morgan fingerprint density at radius 3 is 2.27 bits per heavy atom. The number of carbonyl (C=O) groups is 3. The summed E-state index contributed by atoms with van der Waals surface area (Å²) in [5.74, 6) is -3.29. The van der Waals surface area contributed by atoms with Crippen molar-refractivity contribution in [2.24, 2.45) is 5.73 Å². The fourth-order valence-electron chi connectivity index (χ4n) is 0.537. The fourth-order valence-corrected chi connectivity index (χ4v) is 0.537. The molecule has 1 unspecified atom stereocenters. The van der Waals surface area contributed by atoms with Gasteiger partial charge in [0.15, 0.2) is 0 Å². The quantitative estimate of drug-likeness (QED) is 0.241. The van der Waals surface area contributed by atoms with Gasteiger partial charge in [0, 0.05) is 11.6 Å². The number of primary amides is 1. The molecule has 0 aliphatic heterocycles. The largest absolute Gasteiger partial charge is 0.478 e. The highest BCUT2D eigenvalue weighted by atomic mass is 16.4. The molecule has 15 heavy (non-hydrogen) atoms. The summed E-state index contributed by atoms with van der Waals surface area (Å²) in [6, 6.07) is 0. The Morgan fingerprint density at radius 1 is 1.33 bits per heavy atom. The Hall–Kier alpha value is -2.15. The number of amides is 2. The smallest absolute Gasteiger partial charge is 0.353 e. The molecule has 0 bridgehead atoms. The molecule has 7 nitrogen and oxygen atoms in total. The summed E-state index contributed by atoms with van der Waals surface area (Å²) in [5, 5.41) is 18.7. The standard InChI is InChI=1S/C8H10N2O5/c1-4(2-3-5(9)11)6(12)10-7(13)8(14)15/h2-3,7,13H,1H2,(H2,9,11)(H,10,12)(H,14,15). The van der Waals surface area contributed by atoms with Gasteiger partial charge in [-0.1, -0.05) is 6.58 Å². The van der Waals surface area contributed by atoms with E-state index in [2.05, 4.69) is 6.58 Å². The number of aliphatic hydroxyl groups excluding tert-OH is 1. The van der Waals surface area contributed by atoms with Crippen molar-refractivity contribution in [2.45, 2.75) is 6.23 Å². The van der Waals surface area contributed by atoms with E-state index in [1.807, 2.05) is 0 Å². The molecule has 0 aromatic rings. The SMILES string of the molecule is C=C(C=CC(N)=O)C(=O)NC(O)C(=O)O. The predicted octanol–water partition coefficient (Wildman–Crippen LogP) is -1.90. The maximum atomic E-state index is 11.0. The van der Waals surface area contributed by atoms with E-state index in [1.54, 1.807) is 5.32 Å². The minimum atomic E-state index is -2.02. The number of nitrogens with two attached hydrogens (primary N) is 1. The fraction of sp³-hybridized carbons (Fsp3) is 0.125. The second-order valence-corrected chi connectivity index (χ2v) is 2.48. The molecule has 0 heterocycles. The van der Waals surface area contributed by atoms with Crippen LogP contribution in [0.5, 0.6) is 0 Å². The topological polar surface area (TPSA) is 130 Å². The molecule has 0 saturated carbocycles. The van der Waals surface area contributed by atoms with Crippen LogP contribution in [0.15, 0.2) is 24.3 Å². The summed E-state index contributed by atoms with van der Waals surface area (Å²) >= 11 is 0. The zero-order valence-corrected chi connectivity index (χ0v) is 7.64. The number of nitrogens with one attached hydrogen (secondary N) is 1. The van der Waals surface area contributed by atoms with Crippen LogP contribution in [0.2, 0.25) is 0 Å². The molecule has 0 spiro atoms. The van der Waals surface area contributed by atoms with E-state index in [4.69, 9.17) is 15.9 Å². The summed E-state index contributed by atoms with van der Waals surface area (Å²) in [6.45, 7) is 3.23. The van der Waals surface area contributed by atoms with Crippen LogP contribution in [-0.4, -0.2) is 34.2 Å². The molecule has 82 valence electrons. The molecule has 0 aliphatic carbocycles. The molecule has 0 aromatic carbocycles. The lowest BCUT2D eigenvalue weighted by Crippen LogP contribution is -2.40. The maximum absolute atomic E-state index is 11.0. The van der Waals surface area contributed by atoms with Crippen molar-refractivity contribution >= 4 is 17.8 Å². The van der Waals surface area contributed by atoms with Crippen molar-refractivity contribution in [3.05, 3.63) is 24.3 Å². The number of carbonyl (C=O) groups excluding carboxylic acids is 2. The molecule has 5 N–H and O–H groups in total. The first kappa shape index (κ1) is 12.8. The lowest BCUT2D eigenvalue weighted by Gasteiger charge is -2.07. The minimum absolute atomic E-state index is 0.200.